The Bertz CT molecular complexity index is 909. The lowest BCUT2D eigenvalue weighted by Crippen LogP contribution is -2.43. The van der Waals surface area contributed by atoms with Crippen molar-refractivity contribution in [2.75, 3.05) is 25.5 Å². The Labute approximate surface area is 188 Å². The van der Waals surface area contributed by atoms with Crippen molar-refractivity contribution in [2.45, 2.75) is 44.8 Å². The summed E-state index contributed by atoms with van der Waals surface area (Å²) >= 11 is 6.12. The molecule has 2 unspecified atom stereocenters. The zero-order valence-electron chi connectivity index (χ0n) is 18.0. The van der Waals surface area contributed by atoms with Gasteiger partial charge in [0.05, 0.1) is 21.7 Å². The maximum Gasteiger partial charge on any atom is 0.271 e. The summed E-state index contributed by atoms with van der Waals surface area (Å²) in [4.78, 5) is 27.7. The molecular formula is C23H29ClN4O3. The summed E-state index contributed by atoms with van der Waals surface area (Å²) in [7, 11) is 2.17. The fourth-order valence-electron chi connectivity index (χ4n) is 4.05. The van der Waals surface area contributed by atoms with Crippen LogP contribution in [0.25, 0.3) is 0 Å². The number of halogens is 1. The molecule has 1 saturated heterocycles. The first-order valence-electron chi connectivity index (χ1n) is 10.6. The van der Waals surface area contributed by atoms with E-state index in [1.54, 1.807) is 0 Å². The van der Waals surface area contributed by atoms with E-state index in [1.807, 2.05) is 13.0 Å². The van der Waals surface area contributed by atoms with Gasteiger partial charge in [-0.05, 0) is 51.4 Å². The number of amides is 1. The highest BCUT2D eigenvalue weighted by atomic mass is 35.5. The first-order valence-corrected chi connectivity index (χ1v) is 11.0. The molecule has 1 aliphatic heterocycles. The second-order valence-corrected chi connectivity index (χ2v) is 8.52. The highest BCUT2D eigenvalue weighted by Crippen LogP contribution is 2.27. The van der Waals surface area contributed by atoms with Gasteiger partial charge in [-0.2, -0.15) is 0 Å². The van der Waals surface area contributed by atoms with Gasteiger partial charge in [-0.15, -0.1) is 0 Å². The topological polar surface area (TPSA) is 78.7 Å². The number of carbonyl (C=O) groups is 1. The number of rotatable bonds is 7. The number of anilines is 1. The molecule has 31 heavy (non-hydrogen) atoms. The van der Waals surface area contributed by atoms with Crippen LogP contribution in [0.1, 0.15) is 31.7 Å². The van der Waals surface area contributed by atoms with Crippen molar-refractivity contribution in [3.8, 4) is 0 Å². The Balaban J connectivity index is 1.55. The van der Waals surface area contributed by atoms with Crippen LogP contribution in [0.4, 0.5) is 11.4 Å². The fourth-order valence-corrected chi connectivity index (χ4v) is 4.27. The summed E-state index contributed by atoms with van der Waals surface area (Å²) in [6.45, 7) is 4.51. The van der Waals surface area contributed by atoms with Crippen LogP contribution in [0.3, 0.4) is 0 Å². The van der Waals surface area contributed by atoms with Crippen LogP contribution in [-0.2, 0) is 11.3 Å². The van der Waals surface area contributed by atoms with Crippen molar-refractivity contribution in [2.24, 2.45) is 0 Å². The highest BCUT2D eigenvalue weighted by molar-refractivity contribution is 6.34. The van der Waals surface area contributed by atoms with Gasteiger partial charge in [0, 0.05) is 31.3 Å². The molecule has 166 valence electrons. The number of hydrogen-bond donors (Lipinski definition) is 1. The Kier molecular flexibility index (Phi) is 8.01. The first-order chi connectivity index (χ1) is 14.8. The monoisotopic (exact) mass is 444 g/mol. The minimum Gasteiger partial charge on any atom is -0.323 e. The summed E-state index contributed by atoms with van der Waals surface area (Å²) in [6.07, 6.45) is 3.13. The number of nitro groups is 1. The third kappa shape index (κ3) is 6.26. The van der Waals surface area contributed by atoms with Gasteiger partial charge in [0.15, 0.2) is 0 Å². The quantitative estimate of drug-likeness (QED) is 0.500. The number of likely N-dealkylation sites (tertiary alicyclic amines) is 1. The molecular weight excluding hydrogens is 416 g/mol. The van der Waals surface area contributed by atoms with Crippen LogP contribution in [0, 0.1) is 10.1 Å². The molecule has 2 atom stereocenters. The van der Waals surface area contributed by atoms with E-state index in [9.17, 15) is 14.9 Å². The zero-order valence-corrected chi connectivity index (χ0v) is 18.7. The zero-order chi connectivity index (χ0) is 22.4. The van der Waals surface area contributed by atoms with E-state index < -0.39 is 4.92 Å². The molecule has 1 amide bonds. The van der Waals surface area contributed by atoms with E-state index in [4.69, 9.17) is 11.6 Å². The van der Waals surface area contributed by atoms with Crippen molar-refractivity contribution in [3.05, 3.63) is 69.2 Å². The average Bonchev–Trinajstić information content (AvgIpc) is 3.01. The predicted octanol–water partition coefficient (Wildman–Crippen LogP) is 4.56. The SMILES string of the molecule is CC(C(=O)Nc1ccc([N+](=O)[O-])cc1Cl)N1CCCC(N(C)Cc2ccccc2)CC1. The number of hydrogen-bond acceptors (Lipinski definition) is 5. The summed E-state index contributed by atoms with van der Waals surface area (Å²) in [6, 6.07) is 14.7. The summed E-state index contributed by atoms with van der Waals surface area (Å²) in [5.41, 5.74) is 1.59. The van der Waals surface area contributed by atoms with Gasteiger partial charge in [0.1, 0.15) is 0 Å². The van der Waals surface area contributed by atoms with Crippen molar-refractivity contribution in [1.82, 2.24) is 9.80 Å². The van der Waals surface area contributed by atoms with Crippen molar-refractivity contribution >= 4 is 28.9 Å². The van der Waals surface area contributed by atoms with Crippen LogP contribution in [0.2, 0.25) is 5.02 Å². The number of nitrogens with zero attached hydrogens (tertiary/aromatic N) is 3. The number of nitrogens with one attached hydrogen (secondary N) is 1. The van der Waals surface area contributed by atoms with Gasteiger partial charge < -0.3 is 5.32 Å². The van der Waals surface area contributed by atoms with Gasteiger partial charge in [-0.3, -0.25) is 24.7 Å². The van der Waals surface area contributed by atoms with Crippen molar-refractivity contribution in [1.29, 1.82) is 0 Å². The van der Waals surface area contributed by atoms with Crippen LogP contribution >= 0.6 is 11.6 Å². The number of carbonyl (C=O) groups excluding carboxylic acids is 1. The lowest BCUT2D eigenvalue weighted by atomic mass is 10.1. The highest BCUT2D eigenvalue weighted by Gasteiger charge is 2.27. The van der Waals surface area contributed by atoms with E-state index in [0.717, 1.165) is 38.9 Å². The van der Waals surface area contributed by atoms with Gasteiger partial charge >= 0.3 is 0 Å². The maximum absolute atomic E-state index is 12.8. The average molecular weight is 445 g/mol. The predicted molar refractivity (Wildman–Crippen MR) is 123 cm³/mol. The van der Waals surface area contributed by atoms with Crippen molar-refractivity contribution < 1.29 is 9.72 Å². The van der Waals surface area contributed by atoms with E-state index >= 15 is 0 Å². The molecule has 1 fully saturated rings. The van der Waals surface area contributed by atoms with Gasteiger partial charge in [0.2, 0.25) is 5.91 Å². The summed E-state index contributed by atoms with van der Waals surface area (Å²) < 4.78 is 0. The van der Waals surface area contributed by atoms with Gasteiger partial charge in [-0.25, -0.2) is 0 Å². The molecule has 0 aliphatic carbocycles. The Morgan fingerprint density at radius 1 is 1.26 bits per heavy atom. The van der Waals surface area contributed by atoms with Crippen LogP contribution in [0.15, 0.2) is 48.5 Å². The maximum atomic E-state index is 12.8. The second kappa shape index (κ2) is 10.7. The van der Waals surface area contributed by atoms with E-state index in [1.165, 1.54) is 23.8 Å². The molecule has 8 heteroatoms. The smallest absolute Gasteiger partial charge is 0.271 e. The molecule has 0 radical (unpaired) electrons. The van der Waals surface area contributed by atoms with Crippen LogP contribution in [0.5, 0.6) is 0 Å². The third-order valence-electron chi connectivity index (χ3n) is 5.98. The Hall–Kier alpha value is -2.48. The summed E-state index contributed by atoms with van der Waals surface area (Å²) in [5, 5.41) is 13.8. The van der Waals surface area contributed by atoms with E-state index in [0.29, 0.717) is 11.7 Å². The molecule has 1 aliphatic rings. The Morgan fingerprint density at radius 2 is 2.00 bits per heavy atom. The van der Waals surface area contributed by atoms with E-state index in [-0.39, 0.29) is 22.7 Å². The largest absolute Gasteiger partial charge is 0.323 e. The van der Waals surface area contributed by atoms with Gasteiger partial charge in [0.25, 0.3) is 5.69 Å². The number of non-ortho nitro benzene ring substituents is 1. The molecule has 1 N–H and O–H groups in total. The molecule has 0 saturated carbocycles. The molecule has 1 heterocycles. The lowest BCUT2D eigenvalue weighted by molar-refractivity contribution is -0.384. The Morgan fingerprint density at radius 3 is 2.68 bits per heavy atom. The minimum atomic E-state index is -0.511. The molecule has 2 aromatic rings. The van der Waals surface area contributed by atoms with Crippen LogP contribution in [-0.4, -0.2) is 52.9 Å². The molecule has 2 aromatic carbocycles. The number of nitro benzene ring substituents is 1. The standard InChI is InChI=1S/C23H29ClN4O3/c1-17(23(29)25-22-11-10-20(28(30)31)15-21(22)24)27-13-6-9-19(12-14-27)26(2)16-18-7-4-3-5-8-18/h3-5,7-8,10-11,15,17,19H,6,9,12-14,16H2,1-2H3,(H,25,29). The van der Waals surface area contributed by atoms with Gasteiger partial charge in [-0.1, -0.05) is 41.9 Å². The lowest BCUT2D eigenvalue weighted by Gasteiger charge is -2.29. The molecule has 0 bridgehead atoms. The third-order valence-corrected chi connectivity index (χ3v) is 6.29. The van der Waals surface area contributed by atoms with Crippen LogP contribution < -0.4 is 5.32 Å². The minimum absolute atomic E-state index is 0.103. The van der Waals surface area contributed by atoms with E-state index in [2.05, 4.69) is 46.4 Å². The molecule has 3 rings (SSSR count). The molecule has 7 nitrogen and oxygen atoms in total. The molecule has 0 spiro atoms. The molecule has 0 aromatic heterocycles. The summed E-state index contributed by atoms with van der Waals surface area (Å²) in [5.74, 6) is -0.160. The van der Waals surface area contributed by atoms with Crippen molar-refractivity contribution in [3.63, 3.8) is 0 Å². The second-order valence-electron chi connectivity index (χ2n) is 8.11. The first kappa shape index (κ1) is 23.2. The normalized spacial score (nSPS) is 18.4. The number of benzene rings is 2. The fraction of sp³-hybridized carbons (Fsp3) is 0.435.